The van der Waals surface area contributed by atoms with Gasteiger partial charge >= 0.3 is 0 Å². The maximum atomic E-state index is 13.4. The first-order chi connectivity index (χ1) is 13.6. The Hall–Kier alpha value is -2.05. The van der Waals surface area contributed by atoms with Gasteiger partial charge in [-0.1, -0.05) is 19.9 Å². The number of thiophene rings is 1. The van der Waals surface area contributed by atoms with Gasteiger partial charge in [-0.25, -0.2) is 0 Å². The number of ether oxygens (including phenoxy) is 2. The molecule has 2 heterocycles. The molecule has 1 aromatic carbocycles. The summed E-state index contributed by atoms with van der Waals surface area (Å²) < 4.78 is 11.4. The van der Waals surface area contributed by atoms with E-state index >= 15 is 0 Å². The topological polar surface area (TPSA) is 42.0 Å². The standard InChI is InChI=1S/C22H28N2O3S/c1-16(2)13-23(17-5-6-17)15-22(25)24(14-19-4-3-11-28-19)18-7-8-20-21(12-18)27-10-9-26-20/h3-4,7-8,11-12,16-17H,5-6,9-10,13-15H2,1-2H3. The first kappa shape index (κ1) is 19.3. The summed E-state index contributed by atoms with van der Waals surface area (Å²) in [5.41, 5.74) is 0.864. The van der Waals surface area contributed by atoms with Crippen LogP contribution in [-0.2, 0) is 11.3 Å². The molecule has 0 atom stereocenters. The van der Waals surface area contributed by atoms with E-state index in [9.17, 15) is 4.79 Å². The first-order valence-electron chi connectivity index (χ1n) is 10.1. The predicted molar refractivity (Wildman–Crippen MR) is 112 cm³/mol. The number of amides is 1. The number of carbonyl (C=O) groups is 1. The van der Waals surface area contributed by atoms with Crippen molar-refractivity contribution in [2.24, 2.45) is 5.92 Å². The lowest BCUT2D eigenvalue weighted by Crippen LogP contribution is -2.42. The zero-order valence-corrected chi connectivity index (χ0v) is 17.4. The minimum absolute atomic E-state index is 0.137. The SMILES string of the molecule is CC(C)CN(CC(=O)N(Cc1cccs1)c1ccc2c(c1)OCCO2)C1CC1. The second-order valence-electron chi connectivity index (χ2n) is 7.94. The third-order valence-electron chi connectivity index (χ3n) is 5.03. The highest BCUT2D eigenvalue weighted by Gasteiger charge is 2.32. The fourth-order valence-corrected chi connectivity index (χ4v) is 4.28. The summed E-state index contributed by atoms with van der Waals surface area (Å²) in [7, 11) is 0. The van der Waals surface area contributed by atoms with E-state index < -0.39 is 0 Å². The second-order valence-corrected chi connectivity index (χ2v) is 8.97. The molecule has 0 radical (unpaired) electrons. The molecule has 1 aliphatic carbocycles. The van der Waals surface area contributed by atoms with Gasteiger partial charge in [-0.15, -0.1) is 11.3 Å². The van der Waals surface area contributed by atoms with Crippen LogP contribution in [0.25, 0.3) is 0 Å². The van der Waals surface area contributed by atoms with Crippen LogP contribution in [0.5, 0.6) is 11.5 Å². The van der Waals surface area contributed by atoms with Gasteiger partial charge < -0.3 is 14.4 Å². The largest absolute Gasteiger partial charge is 0.486 e. The molecule has 2 aromatic rings. The number of hydrogen-bond donors (Lipinski definition) is 0. The summed E-state index contributed by atoms with van der Waals surface area (Å²) in [6, 6.07) is 10.5. The van der Waals surface area contributed by atoms with E-state index in [0.717, 1.165) is 18.0 Å². The van der Waals surface area contributed by atoms with Gasteiger partial charge in [0.15, 0.2) is 11.5 Å². The van der Waals surface area contributed by atoms with E-state index in [4.69, 9.17) is 9.47 Å². The molecule has 2 aliphatic rings. The van der Waals surface area contributed by atoms with Crippen molar-refractivity contribution in [1.82, 2.24) is 4.90 Å². The van der Waals surface area contributed by atoms with Gasteiger partial charge in [0.25, 0.3) is 0 Å². The number of anilines is 1. The molecule has 5 nitrogen and oxygen atoms in total. The van der Waals surface area contributed by atoms with Gasteiger partial charge in [-0.3, -0.25) is 9.69 Å². The maximum absolute atomic E-state index is 13.4. The molecule has 0 N–H and O–H groups in total. The molecule has 1 amide bonds. The molecule has 150 valence electrons. The van der Waals surface area contributed by atoms with Gasteiger partial charge in [-0.2, -0.15) is 0 Å². The van der Waals surface area contributed by atoms with E-state index in [0.29, 0.717) is 44.0 Å². The Balaban J connectivity index is 1.57. The number of fused-ring (bicyclic) bond motifs is 1. The second kappa shape index (κ2) is 8.53. The molecule has 28 heavy (non-hydrogen) atoms. The quantitative estimate of drug-likeness (QED) is 0.667. The van der Waals surface area contributed by atoms with Gasteiger partial charge in [0, 0.05) is 29.2 Å². The lowest BCUT2D eigenvalue weighted by Gasteiger charge is -2.29. The van der Waals surface area contributed by atoms with Crippen molar-refractivity contribution in [3.63, 3.8) is 0 Å². The van der Waals surface area contributed by atoms with Crippen molar-refractivity contribution < 1.29 is 14.3 Å². The van der Waals surface area contributed by atoms with Crippen LogP contribution in [0.4, 0.5) is 5.69 Å². The Labute approximate surface area is 170 Å². The minimum Gasteiger partial charge on any atom is -0.486 e. The van der Waals surface area contributed by atoms with Crippen LogP contribution in [0.3, 0.4) is 0 Å². The number of benzene rings is 1. The van der Waals surface area contributed by atoms with E-state index in [1.54, 1.807) is 11.3 Å². The minimum atomic E-state index is 0.137. The Bertz CT molecular complexity index is 802. The fraction of sp³-hybridized carbons (Fsp3) is 0.500. The lowest BCUT2D eigenvalue weighted by molar-refractivity contribution is -0.120. The number of nitrogens with zero attached hydrogens (tertiary/aromatic N) is 2. The smallest absolute Gasteiger partial charge is 0.241 e. The normalized spacial score (nSPS) is 15.9. The average Bonchev–Trinajstić information content (AvgIpc) is 3.41. The van der Waals surface area contributed by atoms with Crippen molar-refractivity contribution in [3.8, 4) is 11.5 Å². The third-order valence-corrected chi connectivity index (χ3v) is 5.89. The predicted octanol–water partition coefficient (Wildman–Crippen LogP) is 4.17. The summed E-state index contributed by atoms with van der Waals surface area (Å²) in [5, 5.41) is 2.05. The van der Waals surface area contributed by atoms with E-state index in [1.807, 2.05) is 29.2 Å². The molecular weight excluding hydrogens is 372 g/mol. The average molecular weight is 401 g/mol. The molecule has 0 saturated heterocycles. The first-order valence-corrected chi connectivity index (χ1v) is 10.9. The Morgan fingerprint density at radius 1 is 1.18 bits per heavy atom. The monoisotopic (exact) mass is 400 g/mol. The van der Waals surface area contributed by atoms with Crippen LogP contribution in [-0.4, -0.2) is 43.2 Å². The van der Waals surface area contributed by atoms with E-state index in [1.165, 1.54) is 17.7 Å². The van der Waals surface area contributed by atoms with Gasteiger partial charge in [0.05, 0.1) is 13.1 Å². The summed E-state index contributed by atoms with van der Waals surface area (Å²) in [6.07, 6.45) is 2.41. The molecule has 1 saturated carbocycles. The highest BCUT2D eigenvalue weighted by molar-refractivity contribution is 7.09. The highest BCUT2D eigenvalue weighted by atomic mass is 32.1. The molecule has 0 unspecified atom stereocenters. The van der Waals surface area contributed by atoms with Crippen LogP contribution in [0, 0.1) is 5.92 Å². The summed E-state index contributed by atoms with van der Waals surface area (Å²) in [5.74, 6) is 2.15. The van der Waals surface area contributed by atoms with Crippen LogP contribution in [0.1, 0.15) is 31.6 Å². The molecule has 4 rings (SSSR count). The van der Waals surface area contributed by atoms with Crippen molar-refractivity contribution in [2.75, 3.05) is 31.2 Å². The molecule has 1 aromatic heterocycles. The fourth-order valence-electron chi connectivity index (χ4n) is 3.59. The lowest BCUT2D eigenvalue weighted by atomic mass is 10.2. The van der Waals surface area contributed by atoms with E-state index in [2.05, 4.69) is 30.2 Å². The van der Waals surface area contributed by atoms with Gasteiger partial charge in [-0.05, 0) is 42.3 Å². The van der Waals surface area contributed by atoms with Crippen molar-refractivity contribution in [3.05, 3.63) is 40.6 Å². The molecule has 6 heteroatoms. The van der Waals surface area contributed by atoms with Crippen molar-refractivity contribution in [1.29, 1.82) is 0 Å². The zero-order valence-electron chi connectivity index (χ0n) is 16.6. The molecular formula is C22H28N2O3S. The summed E-state index contributed by atoms with van der Waals surface area (Å²) >= 11 is 1.68. The number of carbonyl (C=O) groups excluding carboxylic acids is 1. The number of rotatable bonds is 8. The molecule has 0 spiro atoms. The van der Waals surface area contributed by atoms with Crippen LogP contribution in [0.15, 0.2) is 35.7 Å². The molecule has 0 bridgehead atoms. The third kappa shape index (κ3) is 4.67. The van der Waals surface area contributed by atoms with Crippen molar-refractivity contribution in [2.45, 2.75) is 39.3 Å². The Kier molecular flexibility index (Phi) is 5.87. The highest BCUT2D eigenvalue weighted by Crippen LogP contribution is 2.35. The molecule has 1 fully saturated rings. The van der Waals surface area contributed by atoms with Crippen LogP contribution in [0.2, 0.25) is 0 Å². The summed E-state index contributed by atoms with van der Waals surface area (Å²) in [4.78, 5) is 18.8. The summed E-state index contributed by atoms with van der Waals surface area (Å²) in [6.45, 7) is 7.53. The van der Waals surface area contributed by atoms with Crippen LogP contribution < -0.4 is 14.4 Å². The van der Waals surface area contributed by atoms with Crippen molar-refractivity contribution >= 4 is 22.9 Å². The van der Waals surface area contributed by atoms with E-state index in [-0.39, 0.29) is 5.91 Å². The Morgan fingerprint density at radius 2 is 1.96 bits per heavy atom. The van der Waals surface area contributed by atoms with Crippen LogP contribution >= 0.6 is 11.3 Å². The van der Waals surface area contributed by atoms with Gasteiger partial charge in [0.1, 0.15) is 13.2 Å². The maximum Gasteiger partial charge on any atom is 0.241 e. The van der Waals surface area contributed by atoms with Gasteiger partial charge in [0.2, 0.25) is 5.91 Å². The number of hydrogen-bond acceptors (Lipinski definition) is 5. The Morgan fingerprint density at radius 3 is 2.64 bits per heavy atom. The zero-order chi connectivity index (χ0) is 19.5. The molecule has 1 aliphatic heterocycles.